The molecule has 1 saturated carbocycles. The Morgan fingerprint density at radius 3 is 2.73 bits per heavy atom. The maximum Gasteiger partial charge on any atom is 0.101 e. The van der Waals surface area contributed by atoms with Crippen LogP contribution >= 0.6 is 11.6 Å². The maximum absolute atomic E-state index is 8.84. The first-order valence-electron chi connectivity index (χ1n) is 5.26. The van der Waals surface area contributed by atoms with Crippen molar-refractivity contribution < 1.29 is 0 Å². The van der Waals surface area contributed by atoms with Crippen molar-refractivity contribution in [2.24, 2.45) is 0 Å². The van der Waals surface area contributed by atoms with E-state index in [1.54, 1.807) is 6.07 Å². The van der Waals surface area contributed by atoms with Gasteiger partial charge < -0.3 is 5.32 Å². The molecule has 0 spiro atoms. The molecule has 78 valence electrons. The predicted octanol–water partition coefficient (Wildman–Crippen LogP) is 3.57. The van der Waals surface area contributed by atoms with Crippen LogP contribution in [0.25, 0.3) is 0 Å². The van der Waals surface area contributed by atoms with Gasteiger partial charge in [0.05, 0.1) is 10.6 Å². The number of rotatable bonds is 2. The lowest BCUT2D eigenvalue weighted by atomic mass is 10.2. The zero-order valence-electron chi connectivity index (χ0n) is 8.46. The predicted molar refractivity (Wildman–Crippen MR) is 62.0 cm³/mol. The van der Waals surface area contributed by atoms with E-state index in [9.17, 15) is 0 Å². The largest absolute Gasteiger partial charge is 0.382 e. The van der Waals surface area contributed by atoms with Crippen LogP contribution in [0, 0.1) is 11.3 Å². The fraction of sp³-hybridized carbons (Fsp3) is 0.417. The highest BCUT2D eigenvalue weighted by molar-refractivity contribution is 6.31. The molecule has 1 aromatic carbocycles. The van der Waals surface area contributed by atoms with Crippen LogP contribution in [0.3, 0.4) is 0 Å². The molecule has 0 heterocycles. The van der Waals surface area contributed by atoms with Crippen molar-refractivity contribution in [3.05, 3.63) is 28.8 Å². The standard InChI is InChI=1S/C12H13ClN2/c13-12-6-5-11(7-9(12)8-14)15-10-3-1-2-4-10/h5-7,10,15H,1-4H2. The lowest BCUT2D eigenvalue weighted by molar-refractivity contribution is 0.755. The zero-order valence-corrected chi connectivity index (χ0v) is 9.22. The molecule has 1 aliphatic carbocycles. The lowest BCUT2D eigenvalue weighted by Gasteiger charge is -2.13. The first-order chi connectivity index (χ1) is 7.29. The van der Waals surface area contributed by atoms with Crippen LogP contribution in [0.1, 0.15) is 31.2 Å². The van der Waals surface area contributed by atoms with Gasteiger partial charge >= 0.3 is 0 Å². The van der Waals surface area contributed by atoms with Crippen molar-refractivity contribution in [2.45, 2.75) is 31.7 Å². The Hall–Kier alpha value is -1.20. The van der Waals surface area contributed by atoms with Gasteiger partial charge in [-0.25, -0.2) is 0 Å². The Bertz CT molecular complexity index is 389. The van der Waals surface area contributed by atoms with Crippen LogP contribution in [0.5, 0.6) is 0 Å². The van der Waals surface area contributed by atoms with E-state index in [-0.39, 0.29) is 0 Å². The fourth-order valence-corrected chi connectivity index (χ4v) is 2.17. The smallest absolute Gasteiger partial charge is 0.101 e. The number of halogens is 1. The number of nitrogens with one attached hydrogen (secondary N) is 1. The van der Waals surface area contributed by atoms with E-state index >= 15 is 0 Å². The van der Waals surface area contributed by atoms with Crippen LogP contribution in [-0.2, 0) is 0 Å². The molecule has 1 N–H and O–H groups in total. The van der Waals surface area contributed by atoms with Crippen LogP contribution in [0.15, 0.2) is 18.2 Å². The normalized spacial score (nSPS) is 16.3. The average Bonchev–Trinajstić information content (AvgIpc) is 2.73. The van der Waals surface area contributed by atoms with Gasteiger partial charge in [-0.3, -0.25) is 0 Å². The zero-order chi connectivity index (χ0) is 10.7. The van der Waals surface area contributed by atoms with Crippen molar-refractivity contribution in [1.82, 2.24) is 0 Å². The third kappa shape index (κ3) is 2.43. The second-order valence-corrected chi connectivity index (χ2v) is 4.34. The van der Waals surface area contributed by atoms with Crippen molar-refractivity contribution >= 4 is 17.3 Å². The van der Waals surface area contributed by atoms with E-state index in [0.29, 0.717) is 16.6 Å². The molecule has 2 nitrogen and oxygen atoms in total. The minimum absolute atomic E-state index is 0.523. The van der Waals surface area contributed by atoms with Crippen LogP contribution in [0.2, 0.25) is 5.02 Å². The Kier molecular flexibility index (Phi) is 3.13. The quantitative estimate of drug-likeness (QED) is 0.827. The fourth-order valence-electron chi connectivity index (χ4n) is 2.01. The highest BCUT2D eigenvalue weighted by atomic mass is 35.5. The van der Waals surface area contributed by atoms with Gasteiger partial charge in [0, 0.05) is 11.7 Å². The Morgan fingerprint density at radius 2 is 2.07 bits per heavy atom. The molecule has 0 aromatic heterocycles. The number of nitrogens with zero attached hydrogens (tertiary/aromatic N) is 1. The van der Waals surface area contributed by atoms with Gasteiger partial charge in [-0.15, -0.1) is 0 Å². The minimum Gasteiger partial charge on any atom is -0.382 e. The summed E-state index contributed by atoms with van der Waals surface area (Å²) in [6, 6.07) is 8.18. The molecule has 0 bridgehead atoms. The monoisotopic (exact) mass is 220 g/mol. The summed E-state index contributed by atoms with van der Waals surface area (Å²) in [5, 5.41) is 12.8. The van der Waals surface area contributed by atoms with Crippen molar-refractivity contribution in [3.8, 4) is 6.07 Å². The second kappa shape index (κ2) is 4.55. The van der Waals surface area contributed by atoms with E-state index in [2.05, 4.69) is 11.4 Å². The molecule has 2 rings (SSSR count). The van der Waals surface area contributed by atoms with E-state index in [1.165, 1.54) is 25.7 Å². The summed E-state index contributed by atoms with van der Waals surface area (Å²) in [6.07, 6.45) is 5.06. The molecule has 1 fully saturated rings. The molecule has 1 aliphatic rings. The summed E-state index contributed by atoms with van der Waals surface area (Å²) < 4.78 is 0. The summed E-state index contributed by atoms with van der Waals surface area (Å²) in [4.78, 5) is 0. The number of hydrogen-bond donors (Lipinski definition) is 1. The molecule has 0 atom stereocenters. The van der Waals surface area contributed by atoms with E-state index < -0.39 is 0 Å². The lowest BCUT2D eigenvalue weighted by Crippen LogP contribution is -2.14. The van der Waals surface area contributed by atoms with E-state index in [0.717, 1.165) is 5.69 Å². The minimum atomic E-state index is 0.523. The summed E-state index contributed by atoms with van der Waals surface area (Å²) in [5.74, 6) is 0. The van der Waals surface area contributed by atoms with Gasteiger partial charge in [0.25, 0.3) is 0 Å². The van der Waals surface area contributed by atoms with Crippen LogP contribution in [0.4, 0.5) is 5.69 Å². The molecular weight excluding hydrogens is 208 g/mol. The maximum atomic E-state index is 8.84. The summed E-state index contributed by atoms with van der Waals surface area (Å²) >= 11 is 5.86. The van der Waals surface area contributed by atoms with Gasteiger partial charge in [0.15, 0.2) is 0 Å². The average molecular weight is 221 g/mol. The third-order valence-corrected chi connectivity index (χ3v) is 3.14. The van der Waals surface area contributed by atoms with Crippen molar-refractivity contribution in [1.29, 1.82) is 5.26 Å². The van der Waals surface area contributed by atoms with E-state index in [4.69, 9.17) is 16.9 Å². The molecular formula is C12H13ClN2. The highest BCUT2D eigenvalue weighted by Gasteiger charge is 2.14. The van der Waals surface area contributed by atoms with Crippen molar-refractivity contribution in [3.63, 3.8) is 0 Å². The molecule has 3 heteroatoms. The third-order valence-electron chi connectivity index (χ3n) is 2.81. The number of anilines is 1. The summed E-state index contributed by atoms with van der Waals surface area (Å²) in [6.45, 7) is 0. The second-order valence-electron chi connectivity index (χ2n) is 3.93. The first-order valence-corrected chi connectivity index (χ1v) is 5.63. The van der Waals surface area contributed by atoms with Crippen LogP contribution in [-0.4, -0.2) is 6.04 Å². The molecule has 0 saturated heterocycles. The van der Waals surface area contributed by atoms with Gasteiger partial charge in [-0.1, -0.05) is 24.4 Å². The molecule has 0 unspecified atom stereocenters. The number of nitriles is 1. The Morgan fingerprint density at radius 1 is 1.33 bits per heavy atom. The SMILES string of the molecule is N#Cc1cc(NC2CCCC2)ccc1Cl. The molecule has 0 aliphatic heterocycles. The van der Waals surface area contributed by atoms with E-state index in [1.807, 2.05) is 12.1 Å². The molecule has 1 aromatic rings. The number of benzene rings is 1. The Balaban J connectivity index is 2.11. The molecule has 0 radical (unpaired) electrons. The van der Waals surface area contributed by atoms with Gasteiger partial charge in [0.1, 0.15) is 6.07 Å². The molecule has 0 amide bonds. The topological polar surface area (TPSA) is 35.8 Å². The van der Waals surface area contributed by atoms with Gasteiger partial charge in [-0.2, -0.15) is 5.26 Å². The summed E-state index contributed by atoms with van der Waals surface area (Å²) in [5.41, 5.74) is 1.54. The summed E-state index contributed by atoms with van der Waals surface area (Å²) in [7, 11) is 0. The highest BCUT2D eigenvalue weighted by Crippen LogP contribution is 2.24. The van der Waals surface area contributed by atoms with Gasteiger partial charge in [0.2, 0.25) is 0 Å². The van der Waals surface area contributed by atoms with Gasteiger partial charge in [-0.05, 0) is 31.0 Å². The van der Waals surface area contributed by atoms with Crippen LogP contribution < -0.4 is 5.32 Å². The number of hydrogen-bond acceptors (Lipinski definition) is 2. The Labute approximate surface area is 94.9 Å². The van der Waals surface area contributed by atoms with Crippen molar-refractivity contribution in [2.75, 3.05) is 5.32 Å². The first kappa shape index (κ1) is 10.3. The molecule has 15 heavy (non-hydrogen) atoms.